The zero-order valence-electron chi connectivity index (χ0n) is 14.9. The number of fused-ring (bicyclic) bond motifs is 2. The average molecular weight is 356 g/mol. The molecule has 2 aromatic rings. The van der Waals surface area contributed by atoms with Crippen molar-refractivity contribution in [3.63, 3.8) is 0 Å². The minimum Gasteiger partial charge on any atom is -0.497 e. The van der Waals surface area contributed by atoms with Gasteiger partial charge in [0, 0.05) is 24.7 Å². The molecule has 0 saturated carbocycles. The van der Waals surface area contributed by atoms with Crippen molar-refractivity contribution in [3.05, 3.63) is 41.7 Å². The highest BCUT2D eigenvalue weighted by molar-refractivity contribution is 5.93. The maximum absolute atomic E-state index is 12.9. The molecule has 2 aliphatic rings. The van der Waals surface area contributed by atoms with E-state index < -0.39 is 0 Å². The van der Waals surface area contributed by atoms with Gasteiger partial charge in [0.25, 0.3) is 5.91 Å². The van der Waals surface area contributed by atoms with E-state index in [4.69, 9.17) is 9.47 Å². The van der Waals surface area contributed by atoms with Crippen LogP contribution in [0.15, 0.2) is 30.3 Å². The van der Waals surface area contributed by atoms with E-state index in [1.807, 2.05) is 29.2 Å². The fourth-order valence-corrected chi connectivity index (χ4v) is 3.84. The van der Waals surface area contributed by atoms with E-state index in [0.29, 0.717) is 24.1 Å². The molecule has 2 bridgehead atoms. The van der Waals surface area contributed by atoms with Gasteiger partial charge in [0.2, 0.25) is 0 Å². The lowest BCUT2D eigenvalue weighted by Crippen LogP contribution is -2.42. The SMILES string of the molecule is COc1cccc(OCc2cc(C(=O)N3[C@H]4CCNC[C@@H]3CC4)n[nH]2)c1. The lowest BCUT2D eigenvalue weighted by Gasteiger charge is -2.26. The normalized spacial score (nSPS) is 22.1. The Bertz CT molecular complexity index is 762. The zero-order valence-corrected chi connectivity index (χ0v) is 14.9. The van der Waals surface area contributed by atoms with Gasteiger partial charge < -0.3 is 19.7 Å². The molecule has 1 amide bonds. The van der Waals surface area contributed by atoms with E-state index in [9.17, 15) is 4.79 Å². The summed E-state index contributed by atoms with van der Waals surface area (Å²) in [5.41, 5.74) is 1.24. The number of hydrogen-bond acceptors (Lipinski definition) is 5. The summed E-state index contributed by atoms with van der Waals surface area (Å²) in [7, 11) is 1.62. The number of nitrogens with zero attached hydrogens (tertiary/aromatic N) is 2. The first-order valence-corrected chi connectivity index (χ1v) is 9.09. The molecule has 4 rings (SSSR count). The first-order valence-electron chi connectivity index (χ1n) is 9.09. The fourth-order valence-electron chi connectivity index (χ4n) is 3.84. The Morgan fingerprint density at radius 2 is 2.08 bits per heavy atom. The molecular weight excluding hydrogens is 332 g/mol. The van der Waals surface area contributed by atoms with E-state index >= 15 is 0 Å². The Labute approximate surface area is 152 Å². The molecule has 1 aromatic heterocycles. The number of methoxy groups -OCH3 is 1. The Balaban J connectivity index is 1.41. The fraction of sp³-hybridized carbons (Fsp3) is 0.474. The summed E-state index contributed by atoms with van der Waals surface area (Å²) in [6.07, 6.45) is 3.17. The van der Waals surface area contributed by atoms with Gasteiger partial charge in [-0.25, -0.2) is 0 Å². The second-order valence-corrected chi connectivity index (χ2v) is 6.84. The molecule has 0 radical (unpaired) electrons. The molecule has 3 heterocycles. The van der Waals surface area contributed by atoms with Gasteiger partial charge >= 0.3 is 0 Å². The number of H-pyrrole nitrogens is 1. The molecular formula is C19H24N4O3. The third-order valence-corrected chi connectivity index (χ3v) is 5.17. The van der Waals surface area contributed by atoms with Crippen LogP contribution in [0, 0.1) is 0 Å². The molecule has 0 aliphatic carbocycles. The van der Waals surface area contributed by atoms with Crippen LogP contribution in [0.4, 0.5) is 0 Å². The van der Waals surface area contributed by atoms with Crippen molar-refractivity contribution < 1.29 is 14.3 Å². The van der Waals surface area contributed by atoms with E-state index in [1.54, 1.807) is 13.2 Å². The Morgan fingerprint density at radius 1 is 1.23 bits per heavy atom. The highest BCUT2D eigenvalue weighted by atomic mass is 16.5. The first kappa shape index (κ1) is 16.9. The van der Waals surface area contributed by atoms with E-state index in [0.717, 1.165) is 43.8 Å². The smallest absolute Gasteiger partial charge is 0.274 e. The second-order valence-electron chi connectivity index (χ2n) is 6.84. The number of hydrogen-bond donors (Lipinski definition) is 2. The number of ether oxygens (including phenoxy) is 2. The third kappa shape index (κ3) is 3.39. The number of benzene rings is 1. The summed E-state index contributed by atoms with van der Waals surface area (Å²) >= 11 is 0. The van der Waals surface area contributed by atoms with Gasteiger partial charge in [0.05, 0.1) is 12.8 Å². The predicted octanol–water partition coefficient (Wildman–Crippen LogP) is 1.96. The van der Waals surface area contributed by atoms with Crippen molar-refractivity contribution in [1.29, 1.82) is 0 Å². The minimum atomic E-state index is 0.0186. The number of carbonyl (C=O) groups excluding carboxylic acids is 1. The summed E-state index contributed by atoms with van der Waals surface area (Å²) in [5, 5.41) is 10.6. The molecule has 7 nitrogen and oxygen atoms in total. The number of aromatic nitrogens is 2. The van der Waals surface area contributed by atoms with Crippen LogP contribution in [-0.2, 0) is 6.61 Å². The van der Waals surface area contributed by atoms with Crippen LogP contribution < -0.4 is 14.8 Å². The van der Waals surface area contributed by atoms with Gasteiger partial charge in [0.1, 0.15) is 18.1 Å². The van der Waals surface area contributed by atoms with Crippen LogP contribution in [0.25, 0.3) is 0 Å². The maximum atomic E-state index is 12.9. The van der Waals surface area contributed by atoms with Crippen LogP contribution in [0.2, 0.25) is 0 Å². The van der Waals surface area contributed by atoms with Crippen LogP contribution in [-0.4, -0.2) is 53.3 Å². The van der Waals surface area contributed by atoms with Crippen LogP contribution >= 0.6 is 0 Å². The van der Waals surface area contributed by atoms with Crippen molar-refractivity contribution in [2.45, 2.75) is 38.0 Å². The summed E-state index contributed by atoms with van der Waals surface area (Å²) in [6, 6.07) is 9.83. The van der Waals surface area contributed by atoms with Gasteiger partial charge in [-0.05, 0) is 44.0 Å². The molecule has 0 unspecified atom stereocenters. The molecule has 2 atom stereocenters. The van der Waals surface area contributed by atoms with Crippen LogP contribution in [0.1, 0.15) is 35.4 Å². The maximum Gasteiger partial charge on any atom is 0.274 e. The lowest BCUT2D eigenvalue weighted by molar-refractivity contribution is 0.0674. The van der Waals surface area contributed by atoms with Gasteiger partial charge in [-0.15, -0.1) is 0 Å². The van der Waals surface area contributed by atoms with Crippen molar-refractivity contribution >= 4 is 5.91 Å². The molecule has 0 spiro atoms. The number of carbonyl (C=O) groups is 1. The molecule has 2 aliphatic heterocycles. The van der Waals surface area contributed by atoms with Gasteiger partial charge in [-0.2, -0.15) is 5.10 Å². The van der Waals surface area contributed by atoms with Gasteiger partial charge in [0.15, 0.2) is 5.69 Å². The molecule has 138 valence electrons. The van der Waals surface area contributed by atoms with Crippen LogP contribution in [0.3, 0.4) is 0 Å². The molecule has 1 aromatic carbocycles. The van der Waals surface area contributed by atoms with Crippen molar-refractivity contribution in [2.24, 2.45) is 0 Å². The van der Waals surface area contributed by atoms with Crippen molar-refractivity contribution in [3.8, 4) is 11.5 Å². The Morgan fingerprint density at radius 3 is 2.96 bits per heavy atom. The molecule has 2 fully saturated rings. The third-order valence-electron chi connectivity index (χ3n) is 5.17. The zero-order chi connectivity index (χ0) is 17.9. The van der Waals surface area contributed by atoms with Crippen molar-refractivity contribution in [2.75, 3.05) is 20.2 Å². The van der Waals surface area contributed by atoms with Gasteiger partial charge in [-0.1, -0.05) is 6.07 Å². The second kappa shape index (κ2) is 7.37. The molecule has 26 heavy (non-hydrogen) atoms. The van der Waals surface area contributed by atoms with Crippen LogP contribution in [0.5, 0.6) is 11.5 Å². The Kier molecular flexibility index (Phi) is 4.79. The average Bonchev–Trinajstić information content (AvgIpc) is 3.23. The van der Waals surface area contributed by atoms with E-state index in [-0.39, 0.29) is 11.9 Å². The largest absolute Gasteiger partial charge is 0.497 e. The standard InChI is InChI=1S/C19H24N4O3/c1-25-16-3-2-4-17(10-16)26-12-13-9-18(22-21-13)19(24)23-14-5-6-15(23)11-20-8-7-14/h2-4,9-10,14-15,20H,5-8,11-12H2,1H3,(H,21,22)/t14-,15+/m1/s1. The summed E-state index contributed by atoms with van der Waals surface area (Å²) < 4.78 is 11.0. The summed E-state index contributed by atoms with van der Waals surface area (Å²) in [5.74, 6) is 1.47. The van der Waals surface area contributed by atoms with Crippen molar-refractivity contribution in [1.82, 2.24) is 20.4 Å². The number of amides is 1. The number of nitrogens with one attached hydrogen (secondary N) is 2. The Hall–Kier alpha value is -2.54. The number of aromatic amines is 1. The first-order chi connectivity index (χ1) is 12.7. The van der Waals surface area contributed by atoms with E-state index in [2.05, 4.69) is 15.5 Å². The highest BCUT2D eigenvalue weighted by Gasteiger charge is 2.39. The monoisotopic (exact) mass is 356 g/mol. The quantitative estimate of drug-likeness (QED) is 0.856. The molecule has 7 heteroatoms. The topological polar surface area (TPSA) is 79.5 Å². The highest BCUT2D eigenvalue weighted by Crippen LogP contribution is 2.29. The lowest BCUT2D eigenvalue weighted by atomic mass is 10.1. The molecule has 2 N–H and O–H groups in total. The van der Waals surface area contributed by atoms with E-state index in [1.165, 1.54) is 0 Å². The summed E-state index contributed by atoms with van der Waals surface area (Å²) in [6.45, 7) is 2.17. The molecule has 2 saturated heterocycles. The summed E-state index contributed by atoms with van der Waals surface area (Å²) in [4.78, 5) is 15.0. The predicted molar refractivity (Wildman–Crippen MR) is 96.4 cm³/mol. The number of rotatable bonds is 5. The minimum absolute atomic E-state index is 0.0186. The van der Waals surface area contributed by atoms with Gasteiger partial charge in [-0.3, -0.25) is 9.89 Å².